The highest BCUT2D eigenvalue weighted by atomic mass is 31.2. The van der Waals surface area contributed by atoms with E-state index < -0.39 is 33.2 Å². The smallest absolute Gasteiger partial charge is 0.457 e. The maximum atomic E-state index is 12.6. The van der Waals surface area contributed by atoms with Gasteiger partial charge in [0.1, 0.15) is 12.2 Å². The number of hydrogen-bond acceptors (Lipinski definition) is 8. The number of aliphatic hydroxyl groups excluding tert-OH is 2. The van der Waals surface area contributed by atoms with E-state index in [1.54, 1.807) is 0 Å². The topological polar surface area (TPSA) is 132 Å². The fraction of sp³-hybridized carbons (Fsp3) is 0.933. The van der Waals surface area contributed by atoms with Gasteiger partial charge in [-0.15, -0.1) is 0 Å². The highest BCUT2D eigenvalue weighted by Crippen LogP contribution is 2.43. The lowest BCUT2D eigenvalue weighted by atomic mass is 10.0. The van der Waals surface area contributed by atoms with Crippen LogP contribution in [0.3, 0.4) is 0 Å². The summed E-state index contributed by atoms with van der Waals surface area (Å²) in [4.78, 5) is 22.6. The molecule has 0 heterocycles. The molecule has 0 spiro atoms. The van der Waals surface area contributed by atoms with Crippen LogP contribution in [0, 0.1) is 0 Å². The van der Waals surface area contributed by atoms with Crippen molar-refractivity contribution in [3.8, 4) is 0 Å². The van der Waals surface area contributed by atoms with Crippen molar-refractivity contribution >= 4 is 13.8 Å². The third kappa shape index (κ3) is 42.6. The molecule has 3 unspecified atom stereocenters. The van der Waals surface area contributed by atoms with Gasteiger partial charge in [0.15, 0.2) is 0 Å². The Bertz CT molecular complexity index is 871. The van der Waals surface area contributed by atoms with Crippen LogP contribution < -0.4 is 0 Å². The molecule has 0 aromatic rings. The summed E-state index contributed by atoms with van der Waals surface area (Å²) in [6.07, 6.45) is 43.1. The maximum absolute atomic E-state index is 12.6. The molecular weight excluding hydrogens is 715 g/mol. The van der Waals surface area contributed by atoms with Gasteiger partial charge in [0.2, 0.25) is 0 Å². The summed E-state index contributed by atoms with van der Waals surface area (Å²) in [6.45, 7) is 3.56. The zero-order valence-electron chi connectivity index (χ0n) is 35.9. The Labute approximate surface area is 339 Å². The molecule has 0 aromatic carbocycles. The van der Waals surface area contributed by atoms with E-state index in [0.717, 1.165) is 38.5 Å². The van der Waals surface area contributed by atoms with E-state index >= 15 is 0 Å². The number of carbonyl (C=O) groups is 1. The van der Waals surface area contributed by atoms with Gasteiger partial charge in [-0.05, 0) is 38.5 Å². The van der Waals surface area contributed by atoms with Gasteiger partial charge in [-0.3, -0.25) is 13.8 Å². The summed E-state index contributed by atoms with van der Waals surface area (Å²) in [5, 5.41) is 18.4. The van der Waals surface area contributed by atoms with Crippen molar-refractivity contribution in [2.75, 3.05) is 33.0 Å². The Morgan fingerprint density at radius 1 is 0.545 bits per heavy atom. The van der Waals surface area contributed by atoms with Crippen LogP contribution in [0.25, 0.3) is 0 Å². The number of hydrogen-bond donors (Lipinski definition) is 3. The molecule has 9 nitrogen and oxygen atoms in total. The number of aliphatic hydroxyl groups is 2. The van der Waals surface area contributed by atoms with Gasteiger partial charge >= 0.3 is 13.8 Å². The number of rotatable bonds is 45. The third-order valence-electron chi connectivity index (χ3n) is 10.2. The van der Waals surface area contributed by atoms with Gasteiger partial charge in [0, 0.05) is 13.0 Å². The molecule has 3 N–H and O–H groups in total. The second-order valence-corrected chi connectivity index (χ2v) is 17.2. The van der Waals surface area contributed by atoms with Crippen molar-refractivity contribution in [3.05, 3.63) is 12.2 Å². The number of allylic oxidation sites excluding steroid dienone is 2. The minimum atomic E-state index is -4.51. The Morgan fingerprint density at radius 2 is 0.927 bits per heavy atom. The largest absolute Gasteiger partial charge is 0.472 e. The van der Waals surface area contributed by atoms with Crippen LogP contribution in [-0.4, -0.2) is 66.3 Å². The van der Waals surface area contributed by atoms with Crippen molar-refractivity contribution in [2.24, 2.45) is 0 Å². The van der Waals surface area contributed by atoms with Crippen LogP contribution in [0.2, 0.25) is 0 Å². The molecule has 10 heteroatoms. The number of unbranched alkanes of at least 4 members (excludes halogenated alkanes) is 29. The molecule has 0 aliphatic carbocycles. The molecule has 0 amide bonds. The van der Waals surface area contributed by atoms with Crippen LogP contribution in [0.5, 0.6) is 0 Å². The molecule has 0 radical (unpaired) electrons. The first-order valence-corrected chi connectivity index (χ1v) is 24.7. The minimum Gasteiger partial charge on any atom is -0.457 e. The molecular formula is C45H89O9P. The minimum absolute atomic E-state index is 0.0529. The van der Waals surface area contributed by atoms with Crippen LogP contribution >= 0.6 is 7.82 Å². The normalized spacial score (nSPS) is 14.1. The van der Waals surface area contributed by atoms with Crippen LogP contribution in [-0.2, 0) is 27.9 Å². The highest BCUT2D eigenvalue weighted by molar-refractivity contribution is 7.47. The lowest BCUT2D eigenvalue weighted by Gasteiger charge is -2.20. The SMILES string of the molecule is CCCCCCCC/C=C\CCCCCCCCCCOCC(COP(=O)(O)OCC(O)CO)OC(=O)CCCCCCCCCCCCCCCCCC. The van der Waals surface area contributed by atoms with Gasteiger partial charge in [0.25, 0.3) is 0 Å². The summed E-state index contributed by atoms with van der Waals surface area (Å²) < 4.78 is 33.4. The second-order valence-electron chi connectivity index (χ2n) is 15.8. The zero-order chi connectivity index (χ0) is 40.3. The van der Waals surface area contributed by atoms with Gasteiger partial charge in [-0.25, -0.2) is 4.57 Å². The van der Waals surface area contributed by atoms with Gasteiger partial charge < -0.3 is 24.6 Å². The Kier molecular flexibility index (Phi) is 42.2. The molecule has 0 aliphatic rings. The second kappa shape index (κ2) is 42.8. The van der Waals surface area contributed by atoms with E-state index in [1.807, 2.05) is 0 Å². The summed E-state index contributed by atoms with van der Waals surface area (Å²) in [5.74, 6) is -0.379. The van der Waals surface area contributed by atoms with E-state index in [-0.39, 0.29) is 25.6 Å². The van der Waals surface area contributed by atoms with E-state index in [2.05, 4.69) is 26.0 Å². The fourth-order valence-corrected chi connectivity index (χ4v) is 7.44. The van der Waals surface area contributed by atoms with Crippen LogP contribution in [0.15, 0.2) is 12.2 Å². The average Bonchev–Trinajstić information content (AvgIpc) is 3.18. The predicted octanol–water partition coefficient (Wildman–Crippen LogP) is 12.9. The number of carbonyl (C=O) groups excluding carboxylic acids is 1. The highest BCUT2D eigenvalue weighted by Gasteiger charge is 2.26. The van der Waals surface area contributed by atoms with E-state index in [4.69, 9.17) is 23.6 Å². The maximum Gasteiger partial charge on any atom is 0.472 e. The van der Waals surface area contributed by atoms with Crippen molar-refractivity contribution in [1.82, 2.24) is 0 Å². The monoisotopic (exact) mass is 805 g/mol. The standard InChI is InChI=1S/C45H89O9P/c1-3-5-7-9-11-13-15-17-19-21-22-24-26-28-30-32-34-36-38-51-41-44(42-53-55(49,50)52-40-43(47)39-46)54-45(48)37-35-33-31-29-27-25-23-20-18-16-14-12-10-8-6-4-2/h17,19,43-44,46-47H,3-16,18,20-42H2,1-2H3,(H,49,50)/b19-17-. The van der Waals surface area contributed by atoms with E-state index in [0.29, 0.717) is 6.61 Å². The molecule has 3 atom stereocenters. The first kappa shape index (κ1) is 54.2. The Balaban J connectivity index is 4.10. The lowest BCUT2D eigenvalue weighted by molar-refractivity contribution is -0.154. The van der Waals surface area contributed by atoms with Crippen molar-refractivity contribution in [3.63, 3.8) is 0 Å². The number of phosphoric ester groups is 1. The molecule has 0 aliphatic heterocycles. The number of phosphoric acid groups is 1. The molecule has 0 aromatic heterocycles. The summed E-state index contributed by atoms with van der Waals surface area (Å²) in [6, 6.07) is 0. The van der Waals surface area contributed by atoms with Crippen LogP contribution in [0.1, 0.15) is 226 Å². The summed E-state index contributed by atoms with van der Waals surface area (Å²) in [5.41, 5.74) is 0. The first-order chi connectivity index (χ1) is 26.8. The number of esters is 1. The van der Waals surface area contributed by atoms with Crippen LogP contribution in [0.4, 0.5) is 0 Å². The summed E-state index contributed by atoms with van der Waals surface area (Å²) in [7, 11) is -4.51. The molecule has 0 saturated carbocycles. The Hall–Kier alpha value is -0.800. The molecule has 0 rings (SSSR count). The summed E-state index contributed by atoms with van der Waals surface area (Å²) >= 11 is 0. The van der Waals surface area contributed by atoms with E-state index in [9.17, 15) is 19.4 Å². The molecule has 0 bridgehead atoms. The predicted molar refractivity (Wildman–Crippen MR) is 228 cm³/mol. The quantitative estimate of drug-likeness (QED) is 0.0238. The molecule has 0 saturated heterocycles. The zero-order valence-corrected chi connectivity index (χ0v) is 36.8. The molecule has 328 valence electrons. The fourth-order valence-electron chi connectivity index (χ4n) is 6.65. The first-order valence-electron chi connectivity index (χ1n) is 23.2. The van der Waals surface area contributed by atoms with Crippen molar-refractivity contribution in [1.29, 1.82) is 0 Å². The van der Waals surface area contributed by atoms with Crippen molar-refractivity contribution in [2.45, 2.75) is 238 Å². The van der Waals surface area contributed by atoms with E-state index in [1.165, 1.54) is 167 Å². The Morgan fingerprint density at radius 3 is 1.36 bits per heavy atom. The average molecular weight is 805 g/mol. The molecule has 55 heavy (non-hydrogen) atoms. The van der Waals surface area contributed by atoms with Crippen molar-refractivity contribution < 1.29 is 43.0 Å². The molecule has 0 fully saturated rings. The van der Waals surface area contributed by atoms with Gasteiger partial charge in [-0.2, -0.15) is 0 Å². The lowest BCUT2D eigenvalue weighted by Crippen LogP contribution is -2.29. The number of ether oxygens (including phenoxy) is 2. The third-order valence-corrected chi connectivity index (χ3v) is 11.2. The van der Waals surface area contributed by atoms with Gasteiger partial charge in [0.05, 0.1) is 26.4 Å². The van der Waals surface area contributed by atoms with Gasteiger partial charge in [-0.1, -0.05) is 193 Å².